The number of likely N-dealkylation sites (N-methyl/N-ethyl adjacent to an activating group) is 1. The number of anilines is 2. The molecule has 0 radical (unpaired) electrons. The first-order chi connectivity index (χ1) is 14.7. The third-order valence-corrected chi connectivity index (χ3v) is 5.02. The fraction of sp³-hybridized carbons (Fsp3) is 0.240. The van der Waals surface area contributed by atoms with Gasteiger partial charge in [-0.15, -0.1) is 0 Å². The molecule has 0 aliphatic heterocycles. The van der Waals surface area contributed by atoms with E-state index in [1.54, 1.807) is 0 Å². The van der Waals surface area contributed by atoms with Gasteiger partial charge in [0.25, 0.3) is 0 Å². The van der Waals surface area contributed by atoms with Gasteiger partial charge in [0.1, 0.15) is 12.4 Å². The molecule has 3 aromatic carbocycles. The minimum Gasteiger partial charge on any atom is -0.487 e. The highest BCUT2D eigenvalue weighted by molar-refractivity contribution is 5.75. The number of carbonyl (C=O) groups is 1. The Balaban J connectivity index is 1.62. The van der Waals surface area contributed by atoms with Crippen molar-refractivity contribution in [1.82, 2.24) is 4.90 Å². The maximum atomic E-state index is 11.1. The van der Waals surface area contributed by atoms with Gasteiger partial charge in [-0.05, 0) is 53.9 Å². The number of hydrogen-bond acceptors (Lipinski definition) is 4. The Morgan fingerprint density at radius 1 is 0.967 bits per heavy atom. The molecule has 3 N–H and O–H groups in total. The van der Waals surface area contributed by atoms with E-state index in [4.69, 9.17) is 10.5 Å². The first kappa shape index (κ1) is 21.4. The number of nitrogens with two attached hydrogens (primary N) is 1. The van der Waals surface area contributed by atoms with Gasteiger partial charge in [-0.1, -0.05) is 55.5 Å². The first-order valence-electron chi connectivity index (χ1n) is 10.2. The van der Waals surface area contributed by atoms with Crippen molar-refractivity contribution in [1.29, 1.82) is 0 Å². The smallest absolute Gasteiger partial charge is 0.211 e. The van der Waals surface area contributed by atoms with Crippen molar-refractivity contribution in [2.45, 2.75) is 26.5 Å². The van der Waals surface area contributed by atoms with Gasteiger partial charge in [0.2, 0.25) is 6.41 Å². The van der Waals surface area contributed by atoms with Gasteiger partial charge in [0.05, 0.1) is 5.69 Å². The van der Waals surface area contributed by atoms with Gasteiger partial charge in [-0.3, -0.25) is 9.69 Å². The van der Waals surface area contributed by atoms with Crippen molar-refractivity contribution in [3.05, 3.63) is 89.5 Å². The topological polar surface area (TPSA) is 67.6 Å². The van der Waals surface area contributed by atoms with Crippen molar-refractivity contribution in [3.8, 4) is 5.75 Å². The van der Waals surface area contributed by atoms with Crippen LogP contribution in [0.15, 0.2) is 72.8 Å². The second-order valence-corrected chi connectivity index (χ2v) is 7.23. The molecule has 0 aromatic heterocycles. The Labute approximate surface area is 178 Å². The van der Waals surface area contributed by atoms with Crippen LogP contribution in [0.2, 0.25) is 0 Å². The van der Waals surface area contributed by atoms with Gasteiger partial charge in [-0.2, -0.15) is 0 Å². The number of ether oxygens (including phenoxy) is 1. The highest BCUT2D eigenvalue weighted by atomic mass is 16.5. The van der Waals surface area contributed by atoms with Crippen LogP contribution >= 0.6 is 0 Å². The van der Waals surface area contributed by atoms with E-state index in [9.17, 15) is 4.79 Å². The number of benzene rings is 3. The Bertz CT molecular complexity index is 944. The zero-order chi connectivity index (χ0) is 21.2. The van der Waals surface area contributed by atoms with Crippen molar-refractivity contribution in [3.63, 3.8) is 0 Å². The minimum atomic E-state index is 0.456. The molecule has 0 unspecified atom stereocenters. The largest absolute Gasteiger partial charge is 0.487 e. The molecular weight excluding hydrogens is 374 g/mol. The maximum absolute atomic E-state index is 11.1. The number of carbonyl (C=O) groups excluding carboxylic acids is 1. The molecule has 3 rings (SSSR count). The standard InChI is InChI=1S/C25H29N3O2/c1-2-28(17-22-9-6-10-23(26)15-22)14-13-20-11-12-25(24(16-20)27-19-29)30-18-21-7-4-3-5-8-21/h3-12,15-16,19H,2,13-14,17-18,26H2,1H3,(H,27,29). The molecule has 0 aliphatic rings. The summed E-state index contributed by atoms with van der Waals surface area (Å²) >= 11 is 0. The van der Waals surface area contributed by atoms with Crippen molar-refractivity contribution < 1.29 is 9.53 Å². The first-order valence-corrected chi connectivity index (χ1v) is 10.2. The fourth-order valence-electron chi connectivity index (χ4n) is 3.36. The molecule has 0 heterocycles. The molecule has 156 valence electrons. The van der Waals surface area contributed by atoms with E-state index >= 15 is 0 Å². The Morgan fingerprint density at radius 3 is 2.50 bits per heavy atom. The van der Waals surface area contributed by atoms with Crippen LogP contribution in [-0.4, -0.2) is 24.4 Å². The van der Waals surface area contributed by atoms with Crippen LogP contribution in [0, 0.1) is 0 Å². The third-order valence-electron chi connectivity index (χ3n) is 5.02. The molecule has 3 aromatic rings. The number of nitrogens with zero attached hydrogens (tertiary/aromatic N) is 1. The molecule has 30 heavy (non-hydrogen) atoms. The van der Waals surface area contributed by atoms with Crippen LogP contribution in [0.25, 0.3) is 0 Å². The molecule has 0 saturated heterocycles. The van der Waals surface area contributed by atoms with E-state index in [0.29, 0.717) is 24.5 Å². The lowest BCUT2D eigenvalue weighted by atomic mass is 10.1. The van der Waals surface area contributed by atoms with Gasteiger partial charge < -0.3 is 15.8 Å². The average molecular weight is 404 g/mol. The lowest BCUT2D eigenvalue weighted by Crippen LogP contribution is -2.25. The monoisotopic (exact) mass is 403 g/mol. The molecule has 0 saturated carbocycles. The quantitative estimate of drug-likeness (QED) is 0.366. The zero-order valence-corrected chi connectivity index (χ0v) is 17.4. The zero-order valence-electron chi connectivity index (χ0n) is 17.4. The molecule has 0 atom stereocenters. The van der Waals surface area contributed by atoms with Crippen LogP contribution in [0.4, 0.5) is 11.4 Å². The fourth-order valence-corrected chi connectivity index (χ4v) is 3.36. The molecule has 0 fully saturated rings. The summed E-state index contributed by atoms with van der Waals surface area (Å²) in [4.78, 5) is 13.4. The van der Waals surface area contributed by atoms with Crippen molar-refractivity contribution in [2.24, 2.45) is 0 Å². The minimum absolute atomic E-state index is 0.456. The molecule has 0 bridgehead atoms. The third kappa shape index (κ3) is 6.36. The average Bonchev–Trinajstić information content (AvgIpc) is 2.77. The van der Waals surface area contributed by atoms with E-state index in [1.807, 2.05) is 60.7 Å². The Kier molecular flexibility index (Phi) is 7.86. The van der Waals surface area contributed by atoms with Crippen LogP contribution < -0.4 is 15.8 Å². The predicted molar refractivity (Wildman–Crippen MR) is 122 cm³/mol. The normalized spacial score (nSPS) is 10.7. The molecule has 1 amide bonds. The van der Waals surface area contributed by atoms with Gasteiger partial charge in [0.15, 0.2) is 0 Å². The number of rotatable bonds is 11. The number of nitrogen functional groups attached to an aromatic ring is 1. The summed E-state index contributed by atoms with van der Waals surface area (Å²) in [6.45, 7) is 5.34. The van der Waals surface area contributed by atoms with Gasteiger partial charge in [-0.25, -0.2) is 0 Å². The number of amides is 1. The summed E-state index contributed by atoms with van der Waals surface area (Å²) in [6.07, 6.45) is 1.56. The number of hydrogen-bond donors (Lipinski definition) is 2. The van der Waals surface area contributed by atoms with E-state index in [-0.39, 0.29) is 0 Å². The molecule has 5 nitrogen and oxygen atoms in total. The summed E-state index contributed by atoms with van der Waals surface area (Å²) in [7, 11) is 0. The molecule has 5 heteroatoms. The second kappa shape index (κ2) is 11.0. The lowest BCUT2D eigenvalue weighted by molar-refractivity contribution is -0.105. The van der Waals surface area contributed by atoms with Gasteiger partial charge >= 0.3 is 0 Å². The highest BCUT2D eigenvalue weighted by Crippen LogP contribution is 2.27. The van der Waals surface area contributed by atoms with E-state index < -0.39 is 0 Å². The van der Waals surface area contributed by atoms with E-state index in [1.165, 1.54) is 5.56 Å². The van der Waals surface area contributed by atoms with Crippen LogP contribution in [0.1, 0.15) is 23.6 Å². The summed E-state index contributed by atoms with van der Waals surface area (Å²) in [5, 5.41) is 2.77. The van der Waals surface area contributed by atoms with Crippen LogP contribution in [0.5, 0.6) is 5.75 Å². The second-order valence-electron chi connectivity index (χ2n) is 7.23. The summed E-state index contributed by atoms with van der Waals surface area (Å²) in [5.74, 6) is 0.668. The van der Waals surface area contributed by atoms with E-state index in [0.717, 1.165) is 42.9 Å². The van der Waals surface area contributed by atoms with Crippen molar-refractivity contribution in [2.75, 3.05) is 24.1 Å². The predicted octanol–water partition coefficient (Wildman–Crippen LogP) is 4.48. The Hall–Kier alpha value is -3.31. The highest BCUT2D eigenvalue weighted by Gasteiger charge is 2.09. The molecular formula is C25H29N3O2. The molecule has 0 aliphatic carbocycles. The van der Waals surface area contributed by atoms with E-state index in [2.05, 4.69) is 29.3 Å². The van der Waals surface area contributed by atoms with Crippen LogP contribution in [-0.2, 0) is 24.4 Å². The van der Waals surface area contributed by atoms with Crippen molar-refractivity contribution >= 4 is 17.8 Å². The summed E-state index contributed by atoms with van der Waals surface area (Å²) in [5.41, 5.74) is 10.8. The van der Waals surface area contributed by atoms with Gasteiger partial charge in [0, 0.05) is 18.8 Å². The molecule has 0 spiro atoms. The Morgan fingerprint density at radius 2 is 1.77 bits per heavy atom. The SMILES string of the molecule is CCN(CCc1ccc(OCc2ccccc2)c(NC=O)c1)Cc1cccc(N)c1. The summed E-state index contributed by atoms with van der Waals surface area (Å²) < 4.78 is 5.92. The summed E-state index contributed by atoms with van der Waals surface area (Å²) in [6, 6.07) is 24.0. The lowest BCUT2D eigenvalue weighted by Gasteiger charge is -2.21. The van der Waals surface area contributed by atoms with Crippen LogP contribution in [0.3, 0.4) is 0 Å². The maximum Gasteiger partial charge on any atom is 0.211 e. The number of nitrogens with one attached hydrogen (secondary N) is 1.